The molecule has 1 aliphatic rings. The largest absolute Gasteiger partial charge is 0.454 e. The van der Waals surface area contributed by atoms with Crippen molar-refractivity contribution >= 4 is 17.8 Å². The first-order valence-electron chi connectivity index (χ1n) is 8.89. The summed E-state index contributed by atoms with van der Waals surface area (Å²) < 4.78 is 18.1. The minimum atomic E-state index is -0.887. The second-order valence-corrected chi connectivity index (χ2v) is 6.75. The monoisotopic (exact) mass is 364 g/mol. The number of nitrogens with zero attached hydrogens (tertiary/aromatic N) is 1. The number of ether oxygens (including phenoxy) is 1. The second kappa shape index (κ2) is 9.31. The molecule has 1 N–H and O–H groups in total. The third-order valence-electron chi connectivity index (χ3n) is 4.36. The fraction of sp³-hybridized carbons (Fsp3) is 0.526. The van der Waals surface area contributed by atoms with Crippen LogP contribution in [0.1, 0.15) is 43.5 Å². The van der Waals surface area contributed by atoms with E-state index in [0.717, 1.165) is 19.3 Å². The highest BCUT2D eigenvalue weighted by atomic mass is 19.1. The van der Waals surface area contributed by atoms with Gasteiger partial charge >= 0.3 is 5.97 Å². The molecule has 26 heavy (non-hydrogen) atoms. The molecule has 0 spiro atoms. The molecule has 0 unspecified atom stereocenters. The van der Waals surface area contributed by atoms with Crippen LogP contribution in [0.15, 0.2) is 24.3 Å². The molecular weight excluding hydrogens is 339 g/mol. The molecule has 0 saturated carbocycles. The molecule has 1 saturated heterocycles. The zero-order valence-corrected chi connectivity index (χ0v) is 15.2. The van der Waals surface area contributed by atoms with Crippen LogP contribution in [0.25, 0.3) is 0 Å². The Balaban J connectivity index is 1.90. The summed E-state index contributed by atoms with van der Waals surface area (Å²) >= 11 is 0. The van der Waals surface area contributed by atoms with Crippen LogP contribution in [0.4, 0.5) is 4.39 Å². The van der Waals surface area contributed by atoms with Crippen LogP contribution in [-0.2, 0) is 14.3 Å². The van der Waals surface area contributed by atoms with Crippen molar-refractivity contribution in [3.05, 3.63) is 35.6 Å². The van der Waals surface area contributed by atoms with Crippen molar-refractivity contribution in [1.82, 2.24) is 10.2 Å². The lowest BCUT2D eigenvalue weighted by Crippen LogP contribution is -2.46. The summed E-state index contributed by atoms with van der Waals surface area (Å²) in [4.78, 5) is 38.4. The lowest BCUT2D eigenvalue weighted by Gasteiger charge is -2.27. The maximum atomic E-state index is 13.0. The van der Waals surface area contributed by atoms with Gasteiger partial charge in [0.15, 0.2) is 6.61 Å². The van der Waals surface area contributed by atoms with E-state index < -0.39 is 23.7 Å². The summed E-state index contributed by atoms with van der Waals surface area (Å²) in [6, 6.07) is 4.14. The fourth-order valence-electron chi connectivity index (χ4n) is 2.78. The molecule has 1 fully saturated rings. The van der Waals surface area contributed by atoms with E-state index in [2.05, 4.69) is 5.32 Å². The SMILES string of the molecule is CC(C)[C@H](NC(=O)c1ccc(F)cc1)C(=O)OCC(=O)N1CCCCC1. The third-order valence-corrected chi connectivity index (χ3v) is 4.36. The van der Waals surface area contributed by atoms with E-state index in [1.807, 2.05) is 0 Å². The minimum Gasteiger partial charge on any atom is -0.454 e. The van der Waals surface area contributed by atoms with Gasteiger partial charge in [-0.05, 0) is 49.4 Å². The van der Waals surface area contributed by atoms with E-state index in [0.29, 0.717) is 13.1 Å². The number of esters is 1. The highest BCUT2D eigenvalue weighted by molar-refractivity contribution is 5.97. The number of halogens is 1. The summed E-state index contributed by atoms with van der Waals surface area (Å²) in [5.41, 5.74) is 0.245. The Bertz CT molecular complexity index is 639. The van der Waals surface area contributed by atoms with E-state index in [9.17, 15) is 18.8 Å². The molecule has 2 rings (SSSR count). The number of likely N-dealkylation sites (tertiary alicyclic amines) is 1. The number of rotatable bonds is 6. The minimum absolute atomic E-state index is 0.217. The third kappa shape index (κ3) is 5.54. The van der Waals surface area contributed by atoms with E-state index in [1.54, 1.807) is 18.7 Å². The summed E-state index contributed by atoms with van der Waals surface area (Å²) in [6.45, 7) is 4.58. The molecule has 1 heterocycles. The van der Waals surface area contributed by atoms with Gasteiger partial charge in [0.1, 0.15) is 11.9 Å². The van der Waals surface area contributed by atoms with Crippen molar-refractivity contribution in [2.24, 2.45) is 5.92 Å². The molecule has 1 atom stereocenters. The Morgan fingerprint density at radius 1 is 1.12 bits per heavy atom. The quantitative estimate of drug-likeness (QED) is 0.785. The van der Waals surface area contributed by atoms with E-state index >= 15 is 0 Å². The van der Waals surface area contributed by atoms with Gasteiger partial charge in [-0.15, -0.1) is 0 Å². The van der Waals surface area contributed by atoms with Gasteiger partial charge in [-0.1, -0.05) is 13.8 Å². The molecule has 0 radical (unpaired) electrons. The predicted octanol–water partition coefficient (Wildman–Crippen LogP) is 2.14. The van der Waals surface area contributed by atoms with Crippen LogP contribution >= 0.6 is 0 Å². The number of benzene rings is 1. The number of amides is 2. The molecule has 6 nitrogen and oxygen atoms in total. The molecular formula is C19H25FN2O4. The Morgan fingerprint density at radius 2 is 1.73 bits per heavy atom. The van der Waals surface area contributed by atoms with Gasteiger partial charge in [0.2, 0.25) is 0 Å². The second-order valence-electron chi connectivity index (χ2n) is 6.75. The topological polar surface area (TPSA) is 75.7 Å². The van der Waals surface area contributed by atoms with Crippen molar-refractivity contribution in [3.63, 3.8) is 0 Å². The number of nitrogens with one attached hydrogen (secondary N) is 1. The summed E-state index contributed by atoms with van der Waals surface area (Å²) in [6.07, 6.45) is 3.03. The highest BCUT2D eigenvalue weighted by Gasteiger charge is 2.27. The van der Waals surface area contributed by atoms with Crippen molar-refractivity contribution in [2.45, 2.75) is 39.2 Å². The van der Waals surface area contributed by atoms with Crippen LogP contribution in [0, 0.1) is 11.7 Å². The highest BCUT2D eigenvalue weighted by Crippen LogP contribution is 2.10. The molecule has 1 aliphatic heterocycles. The fourth-order valence-corrected chi connectivity index (χ4v) is 2.78. The van der Waals surface area contributed by atoms with Crippen molar-refractivity contribution in [3.8, 4) is 0 Å². The van der Waals surface area contributed by atoms with Gasteiger partial charge in [-0.25, -0.2) is 9.18 Å². The van der Waals surface area contributed by atoms with Crippen LogP contribution in [0.2, 0.25) is 0 Å². The average molecular weight is 364 g/mol. The smallest absolute Gasteiger partial charge is 0.329 e. The lowest BCUT2D eigenvalue weighted by molar-refractivity contribution is -0.154. The average Bonchev–Trinajstić information content (AvgIpc) is 2.64. The van der Waals surface area contributed by atoms with E-state index in [-0.39, 0.29) is 24.0 Å². The summed E-state index contributed by atoms with van der Waals surface area (Å²) in [5.74, 6) is -2.04. The molecule has 0 aliphatic carbocycles. The maximum Gasteiger partial charge on any atom is 0.329 e. The van der Waals surface area contributed by atoms with Gasteiger partial charge in [0.05, 0.1) is 0 Å². The first-order valence-corrected chi connectivity index (χ1v) is 8.89. The van der Waals surface area contributed by atoms with Gasteiger partial charge in [-0.3, -0.25) is 9.59 Å². The van der Waals surface area contributed by atoms with Crippen LogP contribution in [0.3, 0.4) is 0 Å². The zero-order chi connectivity index (χ0) is 19.1. The summed E-state index contributed by atoms with van der Waals surface area (Å²) in [5, 5.41) is 2.59. The molecule has 1 aromatic rings. The maximum absolute atomic E-state index is 13.0. The van der Waals surface area contributed by atoms with Crippen molar-refractivity contribution in [1.29, 1.82) is 0 Å². The number of hydrogen-bond acceptors (Lipinski definition) is 4. The zero-order valence-electron chi connectivity index (χ0n) is 15.2. The van der Waals surface area contributed by atoms with Gasteiger partial charge in [0, 0.05) is 18.7 Å². The number of hydrogen-bond donors (Lipinski definition) is 1. The molecule has 0 aromatic heterocycles. The Labute approximate surface area is 152 Å². The van der Waals surface area contributed by atoms with Crippen LogP contribution < -0.4 is 5.32 Å². The number of carbonyl (C=O) groups excluding carboxylic acids is 3. The standard InChI is InChI=1S/C19H25FN2O4/c1-13(2)17(21-18(24)14-6-8-15(20)9-7-14)19(25)26-12-16(23)22-10-4-3-5-11-22/h6-9,13,17H,3-5,10-12H2,1-2H3,(H,21,24)/t17-/m0/s1. The molecule has 2 amide bonds. The Morgan fingerprint density at radius 3 is 2.31 bits per heavy atom. The van der Waals surface area contributed by atoms with E-state index in [1.165, 1.54) is 24.3 Å². The van der Waals surface area contributed by atoms with Crippen LogP contribution in [-0.4, -0.2) is 48.4 Å². The Hall–Kier alpha value is -2.44. The lowest BCUT2D eigenvalue weighted by atomic mass is 10.0. The van der Waals surface area contributed by atoms with Gasteiger partial charge < -0.3 is 15.0 Å². The van der Waals surface area contributed by atoms with Gasteiger partial charge in [-0.2, -0.15) is 0 Å². The molecule has 142 valence electrons. The first kappa shape index (κ1) is 19.9. The first-order chi connectivity index (χ1) is 12.4. The predicted molar refractivity (Wildman–Crippen MR) is 93.9 cm³/mol. The van der Waals surface area contributed by atoms with Crippen LogP contribution in [0.5, 0.6) is 0 Å². The van der Waals surface area contributed by atoms with Crippen molar-refractivity contribution in [2.75, 3.05) is 19.7 Å². The normalized spacial score (nSPS) is 15.5. The molecule has 1 aromatic carbocycles. The van der Waals surface area contributed by atoms with Gasteiger partial charge in [0.25, 0.3) is 11.8 Å². The number of piperidine rings is 1. The molecule has 0 bridgehead atoms. The Kier molecular flexibility index (Phi) is 7.12. The summed E-state index contributed by atoms with van der Waals surface area (Å²) in [7, 11) is 0. The number of carbonyl (C=O) groups is 3. The van der Waals surface area contributed by atoms with E-state index in [4.69, 9.17) is 4.74 Å². The van der Waals surface area contributed by atoms with Crippen molar-refractivity contribution < 1.29 is 23.5 Å². The molecule has 7 heteroatoms.